The maximum Gasteiger partial charge on any atom is 0.268 e. The van der Waals surface area contributed by atoms with E-state index in [0.717, 1.165) is 5.56 Å². The fourth-order valence-electron chi connectivity index (χ4n) is 4.40. The van der Waals surface area contributed by atoms with E-state index in [9.17, 15) is 13.2 Å². The number of nitrogens with one attached hydrogen (secondary N) is 1. The average molecular weight is 469 g/mol. The van der Waals surface area contributed by atoms with E-state index in [1.54, 1.807) is 39.0 Å². The highest BCUT2D eigenvalue weighted by molar-refractivity contribution is 7.93. The molecule has 1 N–H and O–H groups in total. The molecule has 10 heteroatoms. The van der Waals surface area contributed by atoms with Crippen molar-refractivity contribution in [2.75, 3.05) is 23.0 Å². The molecule has 33 heavy (non-hydrogen) atoms. The molecular weight excluding hydrogens is 444 g/mol. The van der Waals surface area contributed by atoms with Crippen LogP contribution in [0.25, 0.3) is 0 Å². The molecule has 0 fully saturated rings. The molecule has 1 amide bonds. The fourth-order valence-corrected chi connectivity index (χ4v) is 6.27. The van der Waals surface area contributed by atoms with Gasteiger partial charge in [0, 0.05) is 18.3 Å². The van der Waals surface area contributed by atoms with E-state index in [0.29, 0.717) is 47.2 Å². The Balaban J connectivity index is 1.42. The number of amides is 1. The van der Waals surface area contributed by atoms with E-state index in [-0.39, 0.29) is 17.6 Å². The molecule has 0 aliphatic carbocycles. The topological polar surface area (TPSA) is 103 Å². The Kier molecular flexibility index (Phi) is 5.04. The summed E-state index contributed by atoms with van der Waals surface area (Å²) in [5, 5.41) is 7.27. The van der Waals surface area contributed by atoms with Crippen molar-refractivity contribution < 1.29 is 22.7 Å². The van der Waals surface area contributed by atoms with Gasteiger partial charge in [0.05, 0.1) is 17.1 Å². The molecule has 0 saturated heterocycles. The summed E-state index contributed by atoms with van der Waals surface area (Å²) in [6.07, 6.45) is 0.663. The van der Waals surface area contributed by atoms with E-state index >= 15 is 0 Å². The number of sulfonamides is 1. The van der Waals surface area contributed by atoms with Crippen LogP contribution in [0.4, 0.5) is 11.4 Å². The Hall–Kier alpha value is -3.53. The van der Waals surface area contributed by atoms with Crippen LogP contribution in [0.2, 0.25) is 0 Å². The van der Waals surface area contributed by atoms with Crippen molar-refractivity contribution in [2.24, 2.45) is 0 Å². The van der Waals surface area contributed by atoms with Gasteiger partial charge < -0.3 is 14.8 Å². The van der Waals surface area contributed by atoms with Crippen molar-refractivity contribution >= 4 is 27.3 Å². The van der Waals surface area contributed by atoms with Gasteiger partial charge in [-0.05, 0) is 51.0 Å². The Morgan fingerprint density at radius 3 is 2.70 bits per heavy atom. The molecule has 1 aromatic heterocycles. The number of benzene rings is 2. The number of nitrogens with zero attached hydrogens (tertiary/aromatic N) is 3. The van der Waals surface area contributed by atoms with Gasteiger partial charge in [-0.2, -0.15) is 5.10 Å². The van der Waals surface area contributed by atoms with Gasteiger partial charge in [0.1, 0.15) is 10.9 Å². The standard InChI is InChI=1S/C23H24N4O5S/c1-14-22(33(29,30)26-11-10-17-6-4-5-7-19(17)26)15(2)27(25-14)16(3)23(28)24-18-8-9-20-21(12-18)32-13-31-20/h4-9,12,16H,10-11,13H2,1-3H3,(H,24,28)/t16-/m0/s1. The van der Waals surface area contributed by atoms with E-state index in [4.69, 9.17) is 9.47 Å². The number of carbonyl (C=O) groups excluding carboxylic acids is 1. The van der Waals surface area contributed by atoms with E-state index in [1.807, 2.05) is 24.3 Å². The first-order valence-electron chi connectivity index (χ1n) is 10.6. The number of fused-ring (bicyclic) bond motifs is 2. The van der Waals surface area contributed by atoms with Gasteiger partial charge in [0.2, 0.25) is 12.7 Å². The van der Waals surface area contributed by atoms with E-state index < -0.39 is 16.1 Å². The van der Waals surface area contributed by atoms with E-state index in [2.05, 4.69) is 10.4 Å². The normalized spacial score (nSPS) is 15.4. The van der Waals surface area contributed by atoms with E-state index in [1.165, 1.54) is 8.99 Å². The SMILES string of the molecule is Cc1nn([C@@H](C)C(=O)Nc2ccc3c(c2)OCO3)c(C)c1S(=O)(=O)N1CCc2ccccc21. The highest BCUT2D eigenvalue weighted by atomic mass is 32.2. The van der Waals surface area contributed by atoms with Crippen molar-refractivity contribution in [3.63, 3.8) is 0 Å². The second-order valence-electron chi connectivity index (χ2n) is 8.13. The quantitative estimate of drug-likeness (QED) is 0.617. The van der Waals surface area contributed by atoms with Crippen LogP contribution in [-0.2, 0) is 21.2 Å². The summed E-state index contributed by atoms with van der Waals surface area (Å²) in [6, 6.07) is 11.9. The molecule has 9 nitrogen and oxygen atoms in total. The highest BCUT2D eigenvalue weighted by Crippen LogP contribution is 2.36. The second-order valence-corrected chi connectivity index (χ2v) is 9.93. The molecular formula is C23H24N4O5S. The monoisotopic (exact) mass is 468 g/mol. The number of hydrogen-bond acceptors (Lipinski definition) is 6. The predicted molar refractivity (Wildman–Crippen MR) is 122 cm³/mol. The number of rotatable bonds is 5. The number of aromatic nitrogens is 2. The minimum atomic E-state index is -3.83. The summed E-state index contributed by atoms with van der Waals surface area (Å²) in [5.74, 6) is 0.860. The van der Waals surface area contributed by atoms with Crippen LogP contribution in [0, 0.1) is 13.8 Å². The number of hydrogen-bond donors (Lipinski definition) is 1. The minimum absolute atomic E-state index is 0.141. The molecule has 5 rings (SSSR count). The van der Waals surface area contributed by atoms with Gasteiger partial charge in [-0.25, -0.2) is 8.42 Å². The number of para-hydroxylation sites is 1. The Bertz CT molecular complexity index is 1370. The molecule has 0 radical (unpaired) electrons. The highest BCUT2D eigenvalue weighted by Gasteiger charge is 2.36. The van der Waals surface area contributed by atoms with Gasteiger partial charge in [-0.1, -0.05) is 18.2 Å². The molecule has 2 aromatic carbocycles. The second kappa shape index (κ2) is 7.80. The molecule has 0 spiro atoms. The molecule has 1 atom stereocenters. The summed E-state index contributed by atoms with van der Waals surface area (Å²) >= 11 is 0. The lowest BCUT2D eigenvalue weighted by Crippen LogP contribution is -2.30. The Morgan fingerprint density at radius 2 is 1.88 bits per heavy atom. The lowest BCUT2D eigenvalue weighted by Gasteiger charge is -2.20. The van der Waals surface area contributed by atoms with Crippen LogP contribution in [0.5, 0.6) is 11.5 Å². The third kappa shape index (κ3) is 3.50. The number of anilines is 2. The summed E-state index contributed by atoms with van der Waals surface area (Å²) < 4.78 is 40.7. The first-order chi connectivity index (χ1) is 15.8. The smallest absolute Gasteiger partial charge is 0.268 e. The van der Waals surface area contributed by atoms with Crippen molar-refractivity contribution in [1.29, 1.82) is 0 Å². The first kappa shape index (κ1) is 21.3. The lowest BCUT2D eigenvalue weighted by atomic mass is 10.2. The van der Waals surface area contributed by atoms with Crippen molar-refractivity contribution in [3.8, 4) is 11.5 Å². The van der Waals surface area contributed by atoms with Crippen LogP contribution < -0.4 is 19.1 Å². The zero-order chi connectivity index (χ0) is 23.3. The van der Waals surface area contributed by atoms with Crippen LogP contribution >= 0.6 is 0 Å². The van der Waals surface area contributed by atoms with Gasteiger partial charge >= 0.3 is 0 Å². The minimum Gasteiger partial charge on any atom is -0.454 e. The Morgan fingerprint density at radius 1 is 1.12 bits per heavy atom. The third-order valence-corrected chi connectivity index (χ3v) is 8.10. The number of ether oxygens (including phenoxy) is 2. The molecule has 3 aromatic rings. The largest absolute Gasteiger partial charge is 0.454 e. The molecule has 0 saturated carbocycles. The van der Waals surface area contributed by atoms with Gasteiger partial charge in [-0.15, -0.1) is 0 Å². The van der Waals surface area contributed by atoms with Crippen LogP contribution in [0.15, 0.2) is 47.4 Å². The summed E-state index contributed by atoms with van der Waals surface area (Å²) in [4.78, 5) is 13.1. The zero-order valence-electron chi connectivity index (χ0n) is 18.5. The van der Waals surface area contributed by atoms with Crippen LogP contribution in [0.3, 0.4) is 0 Å². The third-order valence-electron chi connectivity index (χ3n) is 6.04. The summed E-state index contributed by atoms with van der Waals surface area (Å²) in [5.41, 5.74) is 3.03. The molecule has 2 aliphatic heterocycles. The fraction of sp³-hybridized carbons (Fsp3) is 0.304. The molecule has 3 heterocycles. The summed E-state index contributed by atoms with van der Waals surface area (Å²) in [7, 11) is -3.83. The van der Waals surface area contributed by atoms with Gasteiger partial charge in [-0.3, -0.25) is 13.8 Å². The average Bonchev–Trinajstić information content (AvgIpc) is 3.49. The van der Waals surface area contributed by atoms with Crippen molar-refractivity contribution in [3.05, 3.63) is 59.4 Å². The number of aryl methyl sites for hydroxylation is 1. The molecule has 172 valence electrons. The Labute approximate surface area is 192 Å². The van der Waals surface area contributed by atoms with Gasteiger partial charge in [0.25, 0.3) is 10.0 Å². The molecule has 0 unspecified atom stereocenters. The first-order valence-corrected chi connectivity index (χ1v) is 12.1. The maximum atomic E-state index is 13.6. The maximum absolute atomic E-state index is 13.6. The number of carbonyl (C=O) groups is 1. The lowest BCUT2D eigenvalue weighted by molar-refractivity contribution is -0.119. The van der Waals surface area contributed by atoms with Gasteiger partial charge in [0.15, 0.2) is 11.5 Å². The molecule has 0 bridgehead atoms. The van der Waals surface area contributed by atoms with Crippen molar-refractivity contribution in [1.82, 2.24) is 9.78 Å². The summed E-state index contributed by atoms with van der Waals surface area (Å²) in [6.45, 7) is 5.54. The van der Waals surface area contributed by atoms with Crippen LogP contribution in [0.1, 0.15) is 29.9 Å². The zero-order valence-corrected chi connectivity index (χ0v) is 19.3. The van der Waals surface area contributed by atoms with Crippen LogP contribution in [-0.4, -0.2) is 37.4 Å². The molecule has 2 aliphatic rings. The predicted octanol–water partition coefficient (Wildman–Crippen LogP) is 3.18. The van der Waals surface area contributed by atoms with Crippen molar-refractivity contribution in [2.45, 2.75) is 38.1 Å².